The van der Waals surface area contributed by atoms with Crippen LogP contribution in [-0.2, 0) is 0 Å². The van der Waals surface area contributed by atoms with Crippen LogP contribution in [-0.4, -0.2) is 15.2 Å². The molecule has 0 fully saturated rings. The first-order valence-electron chi connectivity index (χ1n) is 5.58. The number of hydrogen-bond donors (Lipinski definition) is 1. The van der Waals surface area contributed by atoms with Crippen molar-refractivity contribution in [2.24, 2.45) is 0 Å². The minimum Gasteiger partial charge on any atom is -0.456 e. The van der Waals surface area contributed by atoms with Crippen molar-refractivity contribution < 1.29 is 9.15 Å². The second kappa shape index (κ2) is 6.16. The van der Waals surface area contributed by atoms with Crippen LogP contribution in [0, 0.1) is 0 Å². The average molecular weight is 335 g/mol. The summed E-state index contributed by atoms with van der Waals surface area (Å²) >= 11 is 0. The fourth-order valence-electron chi connectivity index (χ4n) is 1.56. The van der Waals surface area contributed by atoms with Gasteiger partial charge < -0.3 is 14.9 Å². The van der Waals surface area contributed by atoms with Gasteiger partial charge in [0.2, 0.25) is 5.89 Å². The number of benzene rings is 1. The Morgan fingerprint density at radius 1 is 1.00 bits per heavy atom. The van der Waals surface area contributed by atoms with E-state index < -0.39 is 0 Å². The zero-order valence-electron chi connectivity index (χ0n) is 10.3. The highest BCUT2D eigenvalue weighted by atomic mass is 79.9. The number of anilines is 1. The van der Waals surface area contributed by atoms with Crippen molar-refractivity contribution in [3.05, 3.63) is 48.8 Å². The topological polar surface area (TPSA) is 87.1 Å². The lowest BCUT2D eigenvalue weighted by molar-refractivity contribution is 0.480. The Morgan fingerprint density at radius 2 is 1.80 bits per heavy atom. The Labute approximate surface area is 125 Å². The van der Waals surface area contributed by atoms with E-state index in [0.29, 0.717) is 17.4 Å². The Morgan fingerprint density at radius 3 is 2.40 bits per heavy atom. The lowest BCUT2D eigenvalue weighted by Gasteiger charge is -2.04. The monoisotopic (exact) mass is 334 g/mol. The van der Waals surface area contributed by atoms with Crippen molar-refractivity contribution in [1.29, 1.82) is 0 Å². The second-order valence-corrected chi connectivity index (χ2v) is 3.76. The Balaban J connectivity index is 0.00000147. The molecular formula is C13H11BrN4O2. The molecule has 2 aromatic heterocycles. The normalized spacial score (nSPS) is 9.80. The Kier molecular flexibility index (Phi) is 4.31. The minimum atomic E-state index is 0. The highest BCUT2D eigenvalue weighted by Crippen LogP contribution is 2.24. The van der Waals surface area contributed by atoms with Gasteiger partial charge in [0.15, 0.2) is 0 Å². The zero-order valence-corrected chi connectivity index (χ0v) is 12.0. The van der Waals surface area contributed by atoms with E-state index >= 15 is 0 Å². The molecule has 20 heavy (non-hydrogen) atoms. The van der Waals surface area contributed by atoms with Gasteiger partial charge in [-0.15, -0.1) is 22.1 Å². The SMILES string of the molecule is Br.Nc1nnc(-c2ccc(Oc3cccnc3)cc2)o1. The van der Waals surface area contributed by atoms with Crippen LogP contribution in [0.2, 0.25) is 0 Å². The Bertz CT molecular complexity index is 670. The summed E-state index contributed by atoms with van der Waals surface area (Å²) in [7, 11) is 0. The van der Waals surface area contributed by atoms with Gasteiger partial charge in [0.25, 0.3) is 0 Å². The number of hydrogen-bond acceptors (Lipinski definition) is 6. The fraction of sp³-hybridized carbons (Fsp3) is 0. The van der Waals surface area contributed by atoms with Gasteiger partial charge >= 0.3 is 6.01 Å². The number of nitrogens with two attached hydrogens (primary N) is 1. The van der Waals surface area contributed by atoms with Crippen LogP contribution in [0.1, 0.15) is 0 Å². The van der Waals surface area contributed by atoms with Gasteiger partial charge in [0, 0.05) is 11.8 Å². The largest absolute Gasteiger partial charge is 0.456 e. The van der Waals surface area contributed by atoms with Crippen molar-refractivity contribution in [3.63, 3.8) is 0 Å². The number of nitrogens with zero attached hydrogens (tertiary/aromatic N) is 3. The molecule has 2 heterocycles. The molecular weight excluding hydrogens is 324 g/mol. The molecule has 3 aromatic rings. The minimum absolute atomic E-state index is 0. The standard InChI is InChI=1S/C13H10N4O2.BrH/c14-13-17-16-12(19-13)9-3-5-10(6-4-9)18-11-2-1-7-15-8-11;/h1-8H,(H2,14,17);1H. The molecule has 2 N–H and O–H groups in total. The predicted octanol–water partition coefficient (Wildman–Crippen LogP) is 3.08. The third-order valence-electron chi connectivity index (χ3n) is 2.41. The molecule has 3 rings (SSSR count). The number of nitrogen functional groups attached to an aromatic ring is 1. The van der Waals surface area contributed by atoms with Crippen LogP contribution in [0.15, 0.2) is 53.2 Å². The molecule has 0 aliphatic carbocycles. The average Bonchev–Trinajstić information content (AvgIpc) is 2.87. The second-order valence-electron chi connectivity index (χ2n) is 3.76. The number of aromatic nitrogens is 3. The first-order chi connectivity index (χ1) is 9.31. The summed E-state index contributed by atoms with van der Waals surface area (Å²) in [6.07, 6.45) is 3.34. The van der Waals surface area contributed by atoms with Gasteiger partial charge in [-0.3, -0.25) is 4.98 Å². The summed E-state index contributed by atoms with van der Waals surface area (Å²) in [6.45, 7) is 0. The molecule has 0 aliphatic heterocycles. The summed E-state index contributed by atoms with van der Waals surface area (Å²) in [6, 6.07) is 10.9. The van der Waals surface area contributed by atoms with E-state index in [1.807, 2.05) is 36.4 Å². The molecule has 0 unspecified atom stereocenters. The molecule has 7 heteroatoms. The summed E-state index contributed by atoms with van der Waals surface area (Å²) < 4.78 is 10.8. The molecule has 0 saturated carbocycles. The van der Waals surface area contributed by atoms with Crippen molar-refractivity contribution >= 4 is 23.0 Å². The van der Waals surface area contributed by atoms with Crippen LogP contribution in [0.4, 0.5) is 6.01 Å². The van der Waals surface area contributed by atoms with E-state index in [1.54, 1.807) is 12.4 Å². The number of halogens is 1. The summed E-state index contributed by atoms with van der Waals surface area (Å²) in [4.78, 5) is 3.98. The van der Waals surface area contributed by atoms with E-state index in [2.05, 4.69) is 15.2 Å². The smallest absolute Gasteiger partial charge is 0.313 e. The molecule has 1 aromatic carbocycles. The van der Waals surface area contributed by atoms with Crippen molar-refractivity contribution in [3.8, 4) is 23.0 Å². The predicted molar refractivity (Wildman–Crippen MR) is 78.8 cm³/mol. The van der Waals surface area contributed by atoms with Gasteiger partial charge in [-0.1, -0.05) is 5.10 Å². The lowest BCUT2D eigenvalue weighted by Crippen LogP contribution is -1.85. The fourth-order valence-corrected chi connectivity index (χ4v) is 1.56. The van der Waals surface area contributed by atoms with E-state index in [1.165, 1.54) is 0 Å². The molecule has 0 spiro atoms. The molecule has 0 atom stereocenters. The molecule has 0 amide bonds. The van der Waals surface area contributed by atoms with E-state index in [4.69, 9.17) is 14.9 Å². The third-order valence-corrected chi connectivity index (χ3v) is 2.41. The van der Waals surface area contributed by atoms with Gasteiger partial charge in [-0.2, -0.15) is 0 Å². The lowest BCUT2D eigenvalue weighted by atomic mass is 10.2. The van der Waals surface area contributed by atoms with Gasteiger partial charge in [-0.05, 0) is 36.4 Å². The van der Waals surface area contributed by atoms with Crippen LogP contribution in [0.3, 0.4) is 0 Å². The van der Waals surface area contributed by atoms with E-state index in [0.717, 1.165) is 5.56 Å². The quantitative estimate of drug-likeness (QED) is 0.791. The number of ether oxygens (including phenoxy) is 1. The maximum Gasteiger partial charge on any atom is 0.313 e. The van der Waals surface area contributed by atoms with Crippen LogP contribution in [0.25, 0.3) is 11.5 Å². The number of rotatable bonds is 3. The van der Waals surface area contributed by atoms with E-state index in [-0.39, 0.29) is 23.0 Å². The van der Waals surface area contributed by atoms with E-state index in [9.17, 15) is 0 Å². The molecule has 0 saturated heterocycles. The summed E-state index contributed by atoms with van der Waals surface area (Å²) in [5, 5.41) is 7.41. The third kappa shape index (κ3) is 3.12. The molecule has 0 radical (unpaired) electrons. The maximum absolute atomic E-state index is 5.62. The summed E-state index contributed by atoms with van der Waals surface area (Å²) in [5.41, 5.74) is 6.16. The Hall–Kier alpha value is -2.41. The van der Waals surface area contributed by atoms with Crippen LogP contribution >= 0.6 is 17.0 Å². The molecule has 102 valence electrons. The molecule has 6 nitrogen and oxygen atoms in total. The van der Waals surface area contributed by atoms with Crippen molar-refractivity contribution in [2.75, 3.05) is 5.73 Å². The maximum atomic E-state index is 5.62. The van der Waals surface area contributed by atoms with Crippen LogP contribution in [0.5, 0.6) is 11.5 Å². The molecule has 0 bridgehead atoms. The number of pyridine rings is 1. The highest BCUT2D eigenvalue weighted by Gasteiger charge is 2.06. The van der Waals surface area contributed by atoms with Gasteiger partial charge in [0.1, 0.15) is 11.5 Å². The summed E-state index contributed by atoms with van der Waals surface area (Å²) in [5.74, 6) is 1.76. The zero-order chi connectivity index (χ0) is 13.1. The van der Waals surface area contributed by atoms with Crippen molar-refractivity contribution in [2.45, 2.75) is 0 Å². The first kappa shape index (κ1) is 14.0. The van der Waals surface area contributed by atoms with Crippen molar-refractivity contribution in [1.82, 2.24) is 15.2 Å². The highest BCUT2D eigenvalue weighted by molar-refractivity contribution is 8.93. The van der Waals surface area contributed by atoms with Gasteiger partial charge in [-0.25, -0.2) is 0 Å². The molecule has 0 aliphatic rings. The first-order valence-corrected chi connectivity index (χ1v) is 5.58. The van der Waals surface area contributed by atoms with Crippen LogP contribution < -0.4 is 10.5 Å². The van der Waals surface area contributed by atoms with Gasteiger partial charge in [0.05, 0.1) is 6.20 Å².